The van der Waals surface area contributed by atoms with Gasteiger partial charge in [-0.05, 0) is 44.8 Å². The van der Waals surface area contributed by atoms with Gasteiger partial charge in [0.1, 0.15) is 0 Å². The van der Waals surface area contributed by atoms with E-state index in [1.807, 2.05) is 31.2 Å². The molecule has 1 aromatic rings. The zero-order valence-electron chi connectivity index (χ0n) is 14.5. The lowest BCUT2D eigenvalue weighted by atomic mass is 10.0. The van der Waals surface area contributed by atoms with E-state index in [4.69, 9.17) is 0 Å². The van der Waals surface area contributed by atoms with E-state index in [9.17, 15) is 4.79 Å². The molecule has 124 valence electrons. The van der Waals surface area contributed by atoms with Gasteiger partial charge in [-0.2, -0.15) is 0 Å². The summed E-state index contributed by atoms with van der Waals surface area (Å²) in [6, 6.07) is 7.90. The average molecular weight is 303 g/mol. The third-order valence-corrected chi connectivity index (χ3v) is 4.16. The molecule has 2 heteroatoms. The molecule has 0 spiro atoms. The van der Waals surface area contributed by atoms with Gasteiger partial charge in [0.05, 0.1) is 0 Å². The van der Waals surface area contributed by atoms with Crippen molar-refractivity contribution in [3.05, 3.63) is 35.4 Å². The summed E-state index contributed by atoms with van der Waals surface area (Å²) in [5, 5.41) is 3.51. The molecule has 0 radical (unpaired) electrons. The number of unbranched alkanes of at least 4 members (excludes halogenated alkanes) is 6. The van der Waals surface area contributed by atoms with Crippen LogP contribution in [0.3, 0.4) is 0 Å². The highest BCUT2D eigenvalue weighted by Crippen LogP contribution is 2.12. The minimum atomic E-state index is 0.298. The lowest BCUT2D eigenvalue weighted by Gasteiger charge is -2.06. The maximum Gasteiger partial charge on any atom is 0.163 e. The largest absolute Gasteiger partial charge is 0.317 e. The van der Waals surface area contributed by atoms with Crippen LogP contribution in [0.5, 0.6) is 0 Å². The average Bonchev–Trinajstić information content (AvgIpc) is 2.53. The van der Waals surface area contributed by atoms with E-state index < -0.39 is 0 Å². The van der Waals surface area contributed by atoms with Crippen molar-refractivity contribution < 1.29 is 4.79 Å². The van der Waals surface area contributed by atoms with Crippen molar-refractivity contribution >= 4 is 5.78 Å². The number of aryl methyl sites for hydroxylation is 1. The van der Waals surface area contributed by atoms with Crippen LogP contribution >= 0.6 is 0 Å². The molecular formula is C20H33NO. The van der Waals surface area contributed by atoms with Gasteiger partial charge in [-0.1, -0.05) is 63.3 Å². The maximum atomic E-state index is 12.1. The Kier molecular flexibility index (Phi) is 10.7. The SMILES string of the molecule is CCCCCCNCCCCCCC(=O)c1ccccc1C. The topological polar surface area (TPSA) is 29.1 Å². The van der Waals surface area contributed by atoms with Crippen molar-refractivity contribution in [3.8, 4) is 0 Å². The van der Waals surface area contributed by atoms with Crippen LogP contribution in [0.1, 0.15) is 80.6 Å². The minimum absolute atomic E-state index is 0.298. The van der Waals surface area contributed by atoms with Crippen molar-refractivity contribution in [2.75, 3.05) is 13.1 Å². The summed E-state index contributed by atoms with van der Waals surface area (Å²) in [6.45, 7) is 6.54. The molecule has 0 aliphatic heterocycles. The Bertz CT molecular complexity index is 414. The monoisotopic (exact) mass is 303 g/mol. The summed E-state index contributed by atoms with van der Waals surface area (Å²) in [4.78, 5) is 12.1. The normalized spacial score (nSPS) is 10.8. The second kappa shape index (κ2) is 12.4. The number of benzene rings is 1. The van der Waals surface area contributed by atoms with Gasteiger partial charge in [-0.3, -0.25) is 4.79 Å². The van der Waals surface area contributed by atoms with E-state index in [-0.39, 0.29) is 0 Å². The molecule has 1 rings (SSSR count). The fraction of sp³-hybridized carbons (Fsp3) is 0.650. The first-order chi connectivity index (χ1) is 10.8. The van der Waals surface area contributed by atoms with E-state index in [1.54, 1.807) is 0 Å². The van der Waals surface area contributed by atoms with Crippen LogP contribution in [0, 0.1) is 6.92 Å². The summed E-state index contributed by atoms with van der Waals surface area (Å²) in [7, 11) is 0. The molecule has 0 aromatic heterocycles. The smallest absolute Gasteiger partial charge is 0.163 e. The zero-order valence-corrected chi connectivity index (χ0v) is 14.5. The van der Waals surface area contributed by atoms with Gasteiger partial charge in [-0.15, -0.1) is 0 Å². The lowest BCUT2D eigenvalue weighted by molar-refractivity contribution is 0.0978. The highest BCUT2D eigenvalue weighted by molar-refractivity contribution is 5.97. The van der Waals surface area contributed by atoms with Crippen molar-refractivity contribution in [2.24, 2.45) is 0 Å². The highest BCUT2D eigenvalue weighted by Gasteiger charge is 2.07. The van der Waals surface area contributed by atoms with Crippen LogP contribution < -0.4 is 5.32 Å². The molecule has 22 heavy (non-hydrogen) atoms. The van der Waals surface area contributed by atoms with E-state index in [0.29, 0.717) is 12.2 Å². The van der Waals surface area contributed by atoms with Gasteiger partial charge in [0, 0.05) is 12.0 Å². The molecule has 1 aromatic carbocycles. The fourth-order valence-corrected chi connectivity index (χ4v) is 2.71. The molecule has 1 N–H and O–H groups in total. The molecule has 0 atom stereocenters. The quantitative estimate of drug-likeness (QED) is 0.396. The number of nitrogens with one attached hydrogen (secondary N) is 1. The van der Waals surface area contributed by atoms with Crippen LogP contribution in [-0.2, 0) is 0 Å². The summed E-state index contributed by atoms with van der Waals surface area (Å²) in [5.74, 6) is 0.298. The van der Waals surface area contributed by atoms with E-state index >= 15 is 0 Å². The predicted octanol–water partition coefficient (Wildman–Crippen LogP) is 5.30. The Morgan fingerprint density at radius 3 is 2.23 bits per heavy atom. The maximum absolute atomic E-state index is 12.1. The van der Waals surface area contributed by atoms with Gasteiger partial charge in [-0.25, -0.2) is 0 Å². The number of rotatable bonds is 13. The molecule has 0 saturated heterocycles. The highest BCUT2D eigenvalue weighted by atomic mass is 16.1. The summed E-state index contributed by atoms with van der Waals surface area (Å²) < 4.78 is 0. The van der Waals surface area contributed by atoms with Gasteiger partial charge in [0.2, 0.25) is 0 Å². The van der Waals surface area contributed by atoms with E-state index in [2.05, 4.69) is 12.2 Å². The zero-order chi connectivity index (χ0) is 16.0. The molecule has 0 unspecified atom stereocenters. The number of ketones is 1. The van der Waals surface area contributed by atoms with Gasteiger partial charge < -0.3 is 5.32 Å². The number of carbonyl (C=O) groups excluding carboxylic acids is 1. The first kappa shape index (κ1) is 18.9. The number of Topliss-reactive ketones (excluding diaryl/α,β-unsaturated/α-hetero) is 1. The van der Waals surface area contributed by atoms with Gasteiger partial charge in [0.25, 0.3) is 0 Å². The van der Waals surface area contributed by atoms with Crippen LogP contribution in [0.2, 0.25) is 0 Å². The molecule has 2 nitrogen and oxygen atoms in total. The van der Waals surface area contributed by atoms with Gasteiger partial charge >= 0.3 is 0 Å². The Morgan fingerprint density at radius 2 is 1.55 bits per heavy atom. The van der Waals surface area contributed by atoms with E-state index in [1.165, 1.54) is 38.5 Å². The Balaban J connectivity index is 1.95. The Hall–Kier alpha value is -1.15. The standard InChI is InChI=1S/C20H33NO/c1-3-4-5-11-16-21-17-12-7-6-8-15-20(22)19-14-10-9-13-18(19)2/h9-10,13-14,21H,3-8,11-12,15-17H2,1-2H3. The van der Waals surface area contributed by atoms with Crippen molar-refractivity contribution in [1.29, 1.82) is 0 Å². The number of carbonyl (C=O) groups is 1. The summed E-state index contributed by atoms with van der Waals surface area (Å²) in [6.07, 6.45) is 10.6. The third kappa shape index (κ3) is 8.33. The molecule has 0 heterocycles. The number of hydrogen-bond acceptors (Lipinski definition) is 2. The molecule has 0 aliphatic rings. The van der Waals surface area contributed by atoms with Crippen LogP contribution in [0.15, 0.2) is 24.3 Å². The second-order valence-corrected chi connectivity index (χ2v) is 6.21. The Labute approximate surface area is 136 Å². The Morgan fingerprint density at radius 1 is 0.909 bits per heavy atom. The van der Waals surface area contributed by atoms with Crippen molar-refractivity contribution in [1.82, 2.24) is 5.32 Å². The molecule has 0 fully saturated rings. The molecule has 0 amide bonds. The third-order valence-electron chi connectivity index (χ3n) is 4.16. The minimum Gasteiger partial charge on any atom is -0.317 e. The second-order valence-electron chi connectivity index (χ2n) is 6.21. The molecular weight excluding hydrogens is 270 g/mol. The van der Waals surface area contributed by atoms with E-state index in [0.717, 1.165) is 37.1 Å². The van der Waals surface area contributed by atoms with Crippen LogP contribution in [0.4, 0.5) is 0 Å². The summed E-state index contributed by atoms with van der Waals surface area (Å²) in [5.41, 5.74) is 2.00. The predicted molar refractivity (Wildman–Crippen MR) is 95.6 cm³/mol. The van der Waals surface area contributed by atoms with Crippen LogP contribution in [-0.4, -0.2) is 18.9 Å². The molecule has 0 aliphatic carbocycles. The lowest BCUT2D eigenvalue weighted by Crippen LogP contribution is -2.16. The van der Waals surface area contributed by atoms with Crippen molar-refractivity contribution in [2.45, 2.75) is 71.6 Å². The molecule has 0 bridgehead atoms. The number of hydrogen-bond donors (Lipinski definition) is 1. The first-order valence-electron chi connectivity index (χ1n) is 9.05. The molecule has 0 saturated carbocycles. The van der Waals surface area contributed by atoms with Crippen LogP contribution in [0.25, 0.3) is 0 Å². The van der Waals surface area contributed by atoms with Gasteiger partial charge in [0.15, 0.2) is 5.78 Å². The fourth-order valence-electron chi connectivity index (χ4n) is 2.71. The summed E-state index contributed by atoms with van der Waals surface area (Å²) >= 11 is 0. The van der Waals surface area contributed by atoms with Crippen molar-refractivity contribution in [3.63, 3.8) is 0 Å². The first-order valence-corrected chi connectivity index (χ1v) is 9.05.